The first-order chi connectivity index (χ1) is 15.8. The van der Waals surface area contributed by atoms with Gasteiger partial charge in [0.15, 0.2) is 0 Å². The number of halogens is 1. The highest BCUT2D eigenvalue weighted by molar-refractivity contribution is 6.17. The third kappa shape index (κ3) is 10.0. The standard InChI is InChI=1S/C24H33ClN2.3C2H6/c1-17-6-8-22(9-7-17)16-26(24-20(4)15-21(5)27(24)25)11-10-23-13-18(2)12-19(3)14-23;3*1-2/h6-11,15,18-19,23H,12-14,16H2,1-5H3;3*1-2H3/b11-10+;;;. The minimum Gasteiger partial charge on any atom is -0.329 e. The summed E-state index contributed by atoms with van der Waals surface area (Å²) in [7, 11) is 0. The molecule has 1 aromatic carbocycles. The Morgan fingerprint density at radius 3 is 1.85 bits per heavy atom. The lowest BCUT2D eigenvalue weighted by molar-refractivity contribution is 0.252. The monoisotopic (exact) mass is 474 g/mol. The summed E-state index contributed by atoms with van der Waals surface area (Å²) in [6, 6.07) is 10.9. The van der Waals surface area contributed by atoms with E-state index in [1.807, 2.05) is 41.5 Å². The first-order valence-corrected chi connectivity index (χ1v) is 13.5. The Bertz CT molecular complexity index is 778. The van der Waals surface area contributed by atoms with E-state index in [4.69, 9.17) is 11.8 Å². The highest BCUT2D eigenvalue weighted by atomic mass is 35.5. The summed E-state index contributed by atoms with van der Waals surface area (Å²) >= 11 is 6.61. The summed E-state index contributed by atoms with van der Waals surface area (Å²) < 4.78 is 1.79. The van der Waals surface area contributed by atoms with E-state index in [1.54, 1.807) is 4.09 Å². The third-order valence-corrected chi connectivity index (χ3v) is 6.20. The van der Waals surface area contributed by atoms with Crippen LogP contribution in [0.25, 0.3) is 0 Å². The number of hydrogen-bond donors (Lipinski definition) is 0. The van der Waals surface area contributed by atoms with Crippen LogP contribution in [0.1, 0.15) is 97.0 Å². The van der Waals surface area contributed by atoms with Crippen LogP contribution >= 0.6 is 11.8 Å². The van der Waals surface area contributed by atoms with Crippen LogP contribution in [0.4, 0.5) is 5.82 Å². The van der Waals surface area contributed by atoms with Crippen molar-refractivity contribution in [2.45, 2.75) is 102 Å². The summed E-state index contributed by atoms with van der Waals surface area (Å²) in [5, 5.41) is 0. The molecule has 2 unspecified atom stereocenters. The quantitative estimate of drug-likeness (QED) is 0.418. The Kier molecular flexibility index (Phi) is 16.0. The summed E-state index contributed by atoms with van der Waals surface area (Å²) in [6.45, 7) is 23.9. The minimum absolute atomic E-state index is 0.657. The molecule has 1 fully saturated rings. The van der Waals surface area contributed by atoms with Crippen molar-refractivity contribution in [3.05, 3.63) is 65.0 Å². The van der Waals surface area contributed by atoms with Crippen molar-refractivity contribution < 1.29 is 0 Å². The first kappa shape index (κ1) is 31.3. The van der Waals surface area contributed by atoms with Gasteiger partial charge in [-0.05, 0) is 75.0 Å². The van der Waals surface area contributed by atoms with Gasteiger partial charge < -0.3 is 4.90 Å². The van der Waals surface area contributed by atoms with E-state index in [-0.39, 0.29) is 0 Å². The van der Waals surface area contributed by atoms with Crippen LogP contribution in [-0.2, 0) is 6.54 Å². The van der Waals surface area contributed by atoms with E-state index < -0.39 is 0 Å². The maximum Gasteiger partial charge on any atom is 0.131 e. The van der Waals surface area contributed by atoms with E-state index in [0.29, 0.717) is 5.92 Å². The average molecular weight is 475 g/mol. The summed E-state index contributed by atoms with van der Waals surface area (Å²) in [4.78, 5) is 2.31. The third-order valence-electron chi connectivity index (χ3n) is 5.77. The van der Waals surface area contributed by atoms with Gasteiger partial charge in [0.25, 0.3) is 0 Å². The summed E-state index contributed by atoms with van der Waals surface area (Å²) in [6.07, 6.45) is 8.63. The molecule has 1 heterocycles. The van der Waals surface area contributed by atoms with Crippen LogP contribution in [0.2, 0.25) is 0 Å². The molecule has 2 aromatic rings. The number of anilines is 1. The van der Waals surface area contributed by atoms with Gasteiger partial charge in [-0.15, -0.1) is 0 Å². The van der Waals surface area contributed by atoms with Gasteiger partial charge in [0.05, 0.1) is 0 Å². The molecule has 0 radical (unpaired) electrons. The molecule has 3 heteroatoms. The van der Waals surface area contributed by atoms with Crippen molar-refractivity contribution in [3.8, 4) is 0 Å². The zero-order valence-corrected chi connectivity index (χ0v) is 24.1. The zero-order chi connectivity index (χ0) is 25.6. The second-order valence-corrected chi connectivity index (χ2v) is 9.04. The lowest BCUT2D eigenvalue weighted by atomic mass is 9.77. The molecule has 0 amide bonds. The Balaban J connectivity index is 0.00000158. The van der Waals surface area contributed by atoms with Gasteiger partial charge in [-0.1, -0.05) is 91.3 Å². The number of nitrogens with zero attached hydrogens (tertiary/aromatic N) is 2. The molecule has 0 saturated heterocycles. The zero-order valence-electron chi connectivity index (χ0n) is 23.4. The van der Waals surface area contributed by atoms with Gasteiger partial charge in [-0.3, -0.25) is 0 Å². The fourth-order valence-electron chi connectivity index (χ4n) is 4.58. The van der Waals surface area contributed by atoms with Crippen LogP contribution in [0.5, 0.6) is 0 Å². The first-order valence-electron chi connectivity index (χ1n) is 13.2. The van der Waals surface area contributed by atoms with Crippen molar-refractivity contribution in [2.75, 3.05) is 4.90 Å². The van der Waals surface area contributed by atoms with E-state index in [2.05, 4.69) is 82.1 Å². The van der Waals surface area contributed by atoms with Crippen LogP contribution in [0, 0.1) is 38.5 Å². The van der Waals surface area contributed by atoms with Crippen molar-refractivity contribution >= 4 is 17.6 Å². The van der Waals surface area contributed by atoms with Crippen molar-refractivity contribution in [1.29, 1.82) is 0 Å². The van der Waals surface area contributed by atoms with E-state index in [9.17, 15) is 0 Å². The van der Waals surface area contributed by atoms with Crippen LogP contribution in [0.3, 0.4) is 0 Å². The molecule has 1 aromatic heterocycles. The molecule has 0 aliphatic heterocycles. The van der Waals surface area contributed by atoms with Gasteiger partial charge in [-0.2, -0.15) is 0 Å². The van der Waals surface area contributed by atoms with Gasteiger partial charge in [0, 0.05) is 30.2 Å². The minimum atomic E-state index is 0.657. The second kappa shape index (κ2) is 16.9. The number of benzene rings is 1. The molecule has 0 N–H and O–H groups in total. The molecule has 0 bridgehead atoms. The maximum absolute atomic E-state index is 6.61. The number of rotatable bonds is 5. The number of allylic oxidation sites excluding steroid dienone is 1. The van der Waals surface area contributed by atoms with Gasteiger partial charge in [-0.25, -0.2) is 4.09 Å². The molecule has 1 aliphatic carbocycles. The van der Waals surface area contributed by atoms with E-state index in [0.717, 1.165) is 29.9 Å². The molecule has 3 rings (SSSR count). The normalized spacial score (nSPS) is 19.5. The number of aryl methyl sites for hydroxylation is 3. The van der Waals surface area contributed by atoms with Crippen LogP contribution < -0.4 is 4.90 Å². The molecule has 1 aliphatic rings. The molecule has 0 spiro atoms. The SMILES string of the molecule is CC.CC.CC.Cc1ccc(CN(/C=C/C2CC(C)CC(C)C2)c2c(C)cc(C)n2Cl)cc1. The Morgan fingerprint density at radius 1 is 0.879 bits per heavy atom. The molecule has 188 valence electrons. The largest absolute Gasteiger partial charge is 0.329 e. The fraction of sp³-hybridized carbons (Fsp3) is 0.600. The van der Waals surface area contributed by atoms with Crippen molar-refractivity contribution in [2.24, 2.45) is 17.8 Å². The summed E-state index contributed by atoms with van der Waals surface area (Å²) in [5.74, 6) is 3.36. The highest BCUT2D eigenvalue weighted by Gasteiger charge is 2.23. The summed E-state index contributed by atoms with van der Waals surface area (Å²) in [5.41, 5.74) is 4.88. The molecule has 1 saturated carbocycles. The average Bonchev–Trinajstić information content (AvgIpc) is 3.07. The Morgan fingerprint density at radius 2 is 1.39 bits per heavy atom. The number of hydrogen-bond acceptors (Lipinski definition) is 1. The molecule has 2 nitrogen and oxygen atoms in total. The van der Waals surface area contributed by atoms with Crippen molar-refractivity contribution in [1.82, 2.24) is 4.09 Å². The Hall–Kier alpha value is -1.67. The molecule has 33 heavy (non-hydrogen) atoms. The van der Waals surface area contributed by atoms with Gasteiger partial charge >= 0.3 is 0 Å². The predicted octanol–water partition coefficient (Wildman–Crippen LogP) is 10.1. The highest BCUT2D eigenvalue weighted by Crippen LogP contribution is 2.34. The number of aromatic nitrogens is 1. The van der Waals surface area contributed by atoms with E-state index >= 15 is 0 Å². The van der Waals surface area contributed by atoms with Crippen LogP contribution in [0.15, 0.2) is 42.6 Å². The predicted molar refractivity (Wildman–Crippen MR) is 151 cm³/mol. The molecule has 2 atom stereocenters. The lowest BCUT2D eigenvalue weighted by Gasteiger charge is -2.30. The van der Waals surface area contributed by atoms with Crippen molar-refractivity contribution in [3.63, 3.8) is 0 Å². The van der Waals surface area contributed by atoms with E-state index in [1.165, 1.54) is 36.0 Å². The maximum atomic E-state index is 6.61. The van der Waals surface area contributed by atoms with Crippen LogP contribution in [-0.4, -0.2) is 4.09 Å². The Labute approximate surface area is 211 Å². The smallest absolute Gasteiger partial charge is 0.131 e. The topological polar surface area (TPSA) is 8.17 Å². The lowest BCUT2D eigenvalue weighted by Crippen LogP contribution is -2.21. The molecular weight excluding hydrogens is 424 g/mol. The fourth-order valence-corrected chi connectivity index (χ4v) is 4.86. The van der Waals surface area contributed by atoms with Gasteiger partial charge in [0.2, 0.25) is 0 Å². The second-order valence-electron chi connectivity index (χ2n) is 8.71. The van der Waals surface area contributed by atoms with Gasteiger partial charge in [0.1, 0.15) is 5.82 Å². The molecular formula is C30H51ClN2.